The lowest BCUT2D eigenvalue weighted by molar-refractivity contribution is 0.262. The summed E-state index contributed by atoms with van der Waals surface area (Å²) >= 11 is 0. The van der Waals surface area contributed by atoms with E-state index in [0.717, 1.165) is 18.8 Å². The zero-order chi connectivity index (χ0) is 16.4. The molecule has 2 aromatic rings. The Hall–Kier alpha value is -2.35. The summed E-state index contributed by atoms with van der Waals surface area (Å²) < 4.78 is 1.80. The lowest BCUT2D eigenvalue weighted by Crippen LogP contribution is -2.21. The first-order valence-electron chi connectivity index (χ1n) is 7.83. The van der Waals surface area contributed by atoms with E-state index < -0.39 is 0 Å². The molecule has 2 atom stereocenters. The molecule has 1 aliphatic rings. The molecular formula is C15H23N7O. The standard InChI is InChI=1S/C15H23N7O/c1-10-8-11(10)12-9-14(19-18-12)17-15(23)16-13-4-5-22(20-13)7-6-21(2)3/h4-5,9-11H,6-8H2,1-3H3,(H3,16,17,18,19,20,23)/t10-,11-/m0/s1. The number of likely N-dealkylation sites (N-methyl/N-ethyl adjacent to an activating group) is 1. The Morgan fingerprint density at radius 2 is 2.17 bits per heavy atom. The maximum Gasteiger partial charge on any atom is 0.326 e. The largest absolute Gasteiger partial charge is 0.326 e. The monoisotopic (exact) mass is 317 g/mol. The van der Waals surface area contributed by atoms with Crippen LogP contribution in [0.5, 0.6) is 0 Å². The Bertz CT molecular complexity index is 675. The van der Waals surface area contributed by atoms with Gasteiger partial charge in [-0.2, -0.15) is 10.2 Å². The van der Waals surface area contributed by atoms with Gasteiger partial charge in [-0.1, -0.05) is 6.92 Å². The lowest BCUT2D eigenvalue weighted by Gasteiger charge is -2.08. The van der Waals surface area contributed by atoms with E-state index in [4.69, 9.17) is 0 Å². The number of nitrogens with zero attached hydrogens (tertiary/aromatic N) is 4. The van der Waals surface area contributed by atoms with Gasteiger partial charge >= 0.3 is 6.03 Å². The molecule has 23 heavy (non-hydrogen) atoms. The van der Waals surface area contributed by atoms with Crippen molar-refractivity contribution < 1.29 is 4.79 Å². The smallest absolute Gasteiger partial charge is 0.308 e. The first kappa shape index (κ1) is 15.5. The Kier molecular flexibility index (Phi) is 4.33. The van der Waals surface area contributed by atoms with Crippen LogP contribution in [0.2, 0.25) is 0 Å². The predicted octanol–water partition coefficient (Wildman–Crippen LogP) is 1.94. The second kappa shape index (κ2) is 6.41. The van der Waals surface area contributed by atoms with E-state index in [1.54, 1.807) is 10.7 Å². The predicted molar refractivity (Wildman–Crippen MR) is 88.5 cm³/mol. The third-order valence-corrected chi connectivity index (χ3v) is 4.01. The van der Waals surface area contributed by atoms with Crippen molar-refractivity contribution in [2.24, 2.45) is 5.92 Å². The van der Waals surface area contributed by atoms with Gasteiger partial charge in [-0.15, -0.1) is 0 Å². The van der Waals surface area contributed by atoms with Crippen molar-refractivity contribution in [3.8, 4) is 0 Å². The Morgan fingerprint density at radius 3 is 2.87 bits per heavy atom. The van der Waals surface area contributed by atoms with Crippen LogP contribution < -0.4 is 10.6 Å². The molecule has 3 N–H and O–H groups in total. The Morgan fingerprint density at radius 1 is 1.43 bits per heavy atom. The molecule has 1 aliphatic carbocycles. The minimum Gasteiger partial charge on any atom is -0.308 e. The highest BCUT2D eigenvalue weighted by Crippen LogP contribution is 2.46. The molecule has 0 unspecified atom stereocenters. The summed E-state index contributed by atoms with van der Waals surface area (Å²) in [5.74, 6) is 2.30. The number of rotatable bonds is 6. The summed E-state index contributed by atoms with van der Waals surface area (Å²) in [7, 11) is 4.02. The highest BCUT2D eigenvalue weighted by Gasteiger charge is 2.35. The third-order valence-electron chi connectivity index (χ3n) is 4.01. The van der Waals surface area contributed by atoms with Gasteiger partial charge in [-0.3, -0.25) is 20.4 Å². The number of aromatic nitrogens is 4. The van der Waals surface area contributed by atoms with E-state index in [9.17, 15) is 4.79 Å². The first-order chi connectivity index (χ1) is 11.0. The van der Waals surface area contributed by atoms with Crippen molar-refractivity contribution in [2.75, 3.05) is 31.3 Å². The fourth-order valence-corrected chi connectivity index (χ4v) is 2.47. The topological polar surface area (TPSA) is 90.9 Å². The summed E-state index contributed by atoms with van der Waals surface area (Å²) in [4.78, 5) is 14.1. The van der Waals surface area contributed by atoms with Gasteiger partial charge in [-0.05, 0) is 26.4 Å². The highest BCUT2D eigenvalue weighted by atomic mass is 16.2. The molecule has 2 amide bonds. The van der Waals surface area contributed by atoms with E-state index in [0.29, 0.717) is 23.5 Å². The van der Waals surface area contributed by atoms with Gasteiger partial charge in [0.1, 0.15) is 0 Å². The molecule has 2 heterocycles. The molecule has 0 spiro atoms. The maximum absolute atomic E-state index is 12.0. The maximum atomic E-state index is 12.0. The molecule has 0 saturated heterocycles. The molecule has 0 aliphatic heterocycles. The van der Waals surface area contributed by atoms with Crippen LogP contribution in [-0.4, -0.2) is 51.5 Å². The van der Waals surface area contributed by atoms with Crippen molar-refractivity contribution >= 4 is 17.7 Å². The summed E-state index contributed by atoms with van der Waals surface area (Å²) in [5.41, 5.74) is 1.08. The van der Waals surface area contributed by atoms with Crippen LogP contribution in [0, 0.1) is 5.92 Å². The number of hydrogen-bond acceptors (Lipinski definition) is 4. The molecule has 8 heteroatoms. The normalized spacial score (nSPS) is 19.8. The second-order valence-electron chi connectivity index (χ2n) is 6.37. The molecule has 1 fully saturated rings. The summed E-state index contributed by atoms with van der Waals surface area (Å²) in [6, 6.07) is 3.32. The average molecular weight is 317 g/mol. The number of aromatic amines is 1. The van der Waals surface area contributed by atoms with Crippen LogP contribution >= 0.6 is 0 Å². The molecule has 8 nitrogen and oxygen atoms in total. The molecular weight excluding hydrogens is 294 g/mol. The number of nitrogens with one attached hydrogen (secondary N) is 3. The first-order valence-corrected chi connectivity index (χ1v) is 7.83. The van der Waals surface area contributed by atoms with Gasteiger partial charge in [-0.25, -0.2) is 4.79 Å². The number of carbonyl (C=O) groups excluding carboxylic acids is 1. The summed E-state index contributed by atoms with van der Waals surface area (Å²) in [6.07, 6.45) is 3.03. The van der Waals surface area contributed by atoms with Crippen LogP contribution in [0.1, 0.15) is 25.0 Å². The molecule has 0 aromatic carbocycles. The number of amides is 2. The molecule has 2 aromatic heterocycles. The van der Waals surface area contributed by atoms with E-state index in [1.807, 2.05) is 26.4 Å². The van der Waals surface area contributed by atoms with E-state index in [-0.39, 0.29) is 6.03 Å². The van der Waals surface area contributed by atoms with Crippen LogP contribution in [0.4, 0.5) is 16.4 Å². The van der Waals surface area contributed by atoms with Crippen molar-refractivity contribution in [1.82, 2.24) is 24.9 Å². The van der Waals surface area contributed by atoms with Gasteiger partial charge in [0, 0.05) is 36.5 Å². The third kappa shape index (κ3) is 4.10. The van der Waals surface area contributed by atoms with E-state index in [2.05, 4.69) is 37.8 Å². The van der Waals surface area contributed by atoms with Crippen molar-refractivity contribution in [3.63, 3.8) is 0 Å². The zero-order valence-corrected chi connectivity index (χ0v) is 13.7. The number of hydrogen-bond donors (Lipinski definition) is 3. The quantitative estimate of drug-likeness (QED) is 0.759. The van der Waals surface area contributed by atoms with Crippen molar-refractivity contribution in [3.05, 3.63) is 24.0 Å². The number of H-pyrrole nitrogens is 1. The summed E-state index contributed by atoms with van der Waals surface area (Å²) in [5, 5.41) is 16.8. The number of urea groups is 1. The average Bonchev–Trinajstić information content (AvgIpc) is 2.90. The molecule has 1 saturated carbocycles. The van der Waals surface area contributed by atoms with Gasteiger partial charge in [0.2, 0.25) is 0 Å². The van der Waals surface area contributed by atoms with E-state index in [1.165, 1.54) is 6.42 Å². The van der Waals surface area contributed by atoms with Crippen LogP contribution in [0.25, 0.3) is 0 Å². The minimum absolute atomic E-state index is 0.343. The van der Waals surface area contributed by atoms with Gasteiger partial charge < -0.3 is 4.90 Å². The minimum atomic E-state index is -0.343. The second-order valence-corrected chi connectivity index (χ2v) is 6.37. The fraction of sp³-hybridized carbons (Fsp3) is 0.533. The van der Waals surface area contributed by atoms with E-state index >= 15 is 0 Å². The van der Waals surface area contributed by atoms with Crippen molar-refractivity contribution in [1.29, 1.82) is 0 Å². The summed E-state index contributed by atoms with van der Waals surface area (Å²) in [6.45, 7) is 3.87. The highest BCUT2D eigenvalue weighted by molar-refractivity contribution is 5.98. The molecule has 124 valence electrons. The molecule has 0 radical (unpaired) electrons. The van der Waals surface area contributed by atoms with Gasteiger partial charge in [0.25, 0.3) is 0 Å². The van der Waals surface area contributed by atoms with Crippen LogP contribution in [0.15, 0.2) is 18.3 Å². The van der Waals surface area contributed by atoms with Gasteiger partial charge in [0.15, 0.2) is 11.6 Å². The Balaban J connectivity index is 1.50. The number of carbonyl (C=O) groups is 1. The fourth-order valence-electron chi connectivity index (χ4n) is 2.47. The van der Waals surface area contributed by atoms with Crippen LogP contribution in [0.3, 0.4) is 0 Å². The zero-order valence-electron chi connectivity index (χ0n) is 13.7. The lowest BCUT2D eigenvalue weighted by atomic mass is 10.2. The molecule has 0 bridgehead atoms. The Labute approximate surface area is 135 Å². The SMILES string of the molecule is C[C@H]1C[C@@H]1c1cc(NC(=O)Nc2ccn(CCN(C)C)n2)n[nH]1. The molecule has 3 rings (SSSR count). The van der Waals surface area contributed by atoms with Crippen molar-refractivity contribution in [2.45, 2.75) is 25.8 Å². The van der Waals surface area contributed by atoms with Crippen LogP contribution in [-0.2, 0) is 6.54 Å². The number of anilines is 2. The van der Waals surface area contributed by atoms with Gasteiger partial charge in [0.05, 0.1) is 6.54 Å².